The summed E-state index contributed by atoms with van der Waals surface area (Å²) in [5.74, 6) is -1.53. The first-order valence-electron chi connectivity index (χ1n) is 7.76. The Morgan fingerprint density at radius 1 is 1.36 bits per heavy atom. The molecule has 1 aromatic heterocycles. The van der Waals surface area contributed by atoms with E-state index in [4.69, 9.17) is 33.0 Å². The molecule has 0 saturated carbocycles. The molecule has 0 amide bonds. The van der Waals surface area contributed by atoms with E-state index in [0.29, 0.717) is 17.5 Å². The molecule has 2 unspecified atom stereocenters. The molecule has 0 spiro atoms. The van der Waals surface area contributed by atoms with Crippen molar-refractivity contribution in [1.29, 1.82) is 0 Å². The van der Waals surface area contributed by atoms with E-state index in [1.54, 1.807) is 18.5 Å². The van der Waals surface area contributed by atoms with Gasteiger partial charge < -0.3 is 9.84 Å². The number of carbonyl (C=O) groups excluding carboxylic acids is 1. The van der Waals surface area contributed by atoms with Gasteiger partial charge >= 0.3 is 5.97 Å². The predicted molar refractivity (Wildman–Crippen MR) is 93.8 cm³/mol. The molecule has 0 saturated heterocycles. The third kappa shape index (κ3) is 3.10. The van der Waals surface area contributed by atoms with E-state index in [-0.39, 0.29) is 33.4 Å². The van der Waals surface area contributed by atoms with E-state index < -0.39 is 12.6 Å². The van der Waals surface area contributed by atoms with Crippen molar-refractivity contribution < 1.29 is 19.4 Å². The average Bonchev–Trinajstić information content (AvgIpc) is 2.89. The quantitative estimate of drug-likeness (QED) is 0.841. The highest BCUT2D eigenvalue weighted by Gasteiger charge is 2.42. The van der Waals surface area contributed by atoms with E-state index in [0.717, 1.165) is 5.56 Å². The van der Waals surface area contributed by atoms with Crippen LogP contribution in [0.4, 0.5) is 0 Å². The van der Waals surface area contributed by atoms with Crippen LogP contribution in [-0.4, -0.2) is 28.4 Å². The van der Waals surface area contributed by atoms with E-state index in [9.17, 15) is 9.59 Å². The van der Waals surface area contributed by atoms with E-state index >= 15 is 0 Å². The molecule has 2 atom stereocenters. The summed E-state index contributed by atoms with van der Waals surface area (Å²) in [4.78, 5) is 27.8. The summed E-state index contributed by atoms with van der Waals surface area (Å²) in [7, 11) is 0. The maximum atomic E-state index is 12.9. The number of halogens is 2. The molecule has 1 aliphatic rings. The Kier molecular flexibility index (Phi) is 4.97. The monoisotopic (exact) mass is 379 g/mol. The van der Waals surface area contributed by atoms with Gasteiger partial charge in [-0.15, -0.1) is 0 Å². The van der Waals surface area contributed by atoms with Gasteiger partial charge in [-0.05, 0) is 29.7 Å². The lowest BCUT2D eigenvalue weighted by molar-refractivity contribution is -0.139. The number of aromatic nitrogens is 1. The highest BCUT2D eigenvalue weighted by atomic mass is 35.5. The average molecular weight is 380 g/mol. The van der Waals surface area contributed by atoms with Crippen LogP contribution in [0.1, 0.15) is 40.7 Å². The van der Waals surface area contributed by atoms with Crippen molar-refractivity contribution in [3.63, 3.8) is 0 Å². The van der Waals surface area contributed by atoms with Gasteiger partial charge in [-0.3, -0.25) is 9.78 Å². The first kappa shape index (κ1) is 17.7. The standard InChI is InChI=1S/C18H15Cl2NO4/c1-2-10-14(9-4-3-5-21-7-9)11-6-12(25-8-13(22)23)16(19)17(20)15(11)18(10)24/h3-7,10,14H,2,8H2,1H3,(H,22,23). The lowest BCUT2D eigenvalue weighted by Gasteiger charge is -2.18. The molecule has 2 aromatic rings. The van der Waals surface area contributed by atoms with E-state index in [2.05, 4.69) is 4.98 Å². The molecule has 0 bridgehead atoms. The van der Waals surface area contributed by atoms with Gasteiger partial charge in [-0.1, -0.05) is 36.2 Å². The number of carboxylic acid groups (broad SMARTS) is 1. The summed E-state index contributed by atoms with van der Waals surface area (Å²) in [6.07, 6.45) is 4.01. The number of hydrogen-bond acceptors (Lipinski definition) is 4. The van der Waals surface area contributed by atoms with Crippen LogP contribution in [0.2, 0.25) is 10.0 Å². The van der Waals surface area contributed by atoms with Crippen LogP contribution in [0.15, 0.2) is 30.6 Å². The fraction of sp³-hybridized carbons (Fsp3) is 0.278. The zero-order valence-electron chi connectivity index (χ0n) is 13.3. The third-order valence-electron chi connectivity index (χ3n) is 4.36. The molecular formula is C18H15Cl2NO4. The number of ether oxygens (including phenoxy) is 1. The zero-order chi connectivity index (χ0) is 18.1. The van der Waals surface area contributed by atoms with Gasteiger partial charge in [-0.2, -0.15) is 0 Å². The van der Waals surface area contributed by atoms with Gasteiger partial charge in [-0.25, -0.2) is 4.79 Å². The highest BCUT2D eigenvalue weighted by molar-refractivity contribution is 6.45. The van der Waals surface area contributed by atoms with Crippen molar-refractivity contribution in [3.8, 4) is 5.75 Å². The van der Waals surface area contributed by atoms with Gasteiger partial charge in [0.05, 0.1) is 5.02 Å². The number of ketones is 1. The van der Waals surface area contributed by atoms with E-state index in [1.807, 2.05) is 19.1 Å². The second kappa shape index (κ2) is 7.02. The Morgan fingerprint density at radius 2 is 2.12 bits per heavy atom. The Balaban J connectivity index is 2.16. The second-order valence-corrected chi connectivity index (χ2v) is 6.55. The molecule has 5 nitrogen and oxygen atoms in total. The van der Waals surface area contributed by atoms with Gasteiger partial charge in [0.2, 0.25) is 0 Å². The molecule has 7 heteroatoms. The molecule has 1 heterocycles. The largest absolute Gasteiger partial charge is 0.480 e. The minimum atomic E-state index is -1.13. The lowest BCUT2D eigenvalue weighted by atomic mass is 9.85. The molecule has 1 aliphatic carbocycles. The molecule has 0 aliphatic heterocycles. The van der Waals surface area contributed by atoms with Crippen LogP contribution >= 0.6 is 23.2 Å². The zero-order valence-corrected chi connectivity index (χ0v) is 14.8. The third-order valence-corrected chi connectivity index (χ3v) is 5.21. The Morgan fingerprint density at radius 3 is 2.72 bits per heavy atom. The first-order valence-corrected chi connectivity index (χ1v) is 8.51. The number of benzene rings is 1. The molecule has 25 heavy (non-hydrogen) atoms. The van der Waals surface area contributed by atoms with Gasteiger partial charge in [0, 0.05) is 29.8 Å². The number of Topliss-reactive ketones (excluding diaryl/α,β-unsaturated/α-hetero) is 1. The normalized spacial score (nSPS) is 18.9. The summed E-state index contributed by atoms with van der Waals surface area (Å²) in [5.41, 5.74) is 1.97. The number of rotatable bonds is 5. The summed E-state index contributed by atoms with van der Waals surface area (Å²) in [6.45, 7) is 1.40. The number of nitrogens with zero attached hydrogens (tertiary/aromatic N) is 1. The summed E-state index contributed by atoms with van der Waals surface area (Å²) < 4.78 is 5.25. The Hall–Kier alpha value is -2.11. The number of aliphatic carboxylic acids is 1. The Bertz CT molecular complexity index is 839. The van der Waals surface area contributed by atoms with Crippen molar-refractivity contribution in [3.05, 3.63) is 57.3 Å². The van der Waals surface area contributed by atoms with Crippen LogP contribution in [0.25, 0.3) is 0 Å². The number of carboxylic acids is 1. The maximum absolute atomic E-state index is 12.9. The number of pyridine rings is 1. The van der Waals surface area contributed by atoms with Crippen molar-refractivity contribution in [1.82, 2.24) is 4.98 Å². The molecule has 3 rings (SSSR count). The predicted octanol–water partition coefficient (Wildman–Crippen LogP) is 4.21. The molecule has 1 aromatic carbocycles. The van der Waals surface area contributed by atoms with Crippen LogP contribution in [-0.2, 0) is 4.79 Å². The van der Waals surface area contributed by atoms with Gasteiger partial charge in [0.25, 0.3) is 0 Å². The van der Waals surface area contributed by atoms with Crippen LogP contribution in [0.3, 0.4) is 0 Å². The molecular weight excluding hydrogens is 365 g/mol. The number of fused-ring (bicyclic) bond motifs is 1. The van der Waals surface area contributed by atoms with Gasteiger partial charge in [0.15, 0.2) is 12.4 Å². The van der Waals surface area contributed by atoms with Crippen LogP contribution in [0.5, 0.6) is 5.75 Å². The smallest absolute Gasteiger partial charge is 0.341 e. The Labute approximate surface area is 154 Å². The van der Waals surface area contributed by atoms with Crippen molar-refractivity contribution in [2.24, 2.45) is 5.92 Å². The van der Waals surface area contributed by atoms with Crippen molar-refractivity contribution >= 4 is 35.0 Å². The lowest BCUT2D eigenvalue weighted by Crippen LogP contribution is -2.13. The minimum absolute atomic E-state index is 0.0525. The highest BCUT2D eigenvalue weighted by Crippen LogP contribution is 2.50. The van der Waals surface area contributed by atoms with Gasteiger partial charge in [0.1, 0.15) is 10.8 Å². The fourth-order valence-electron chi connectivity index (χ4n) is 3.31. The fourth-order valence-corrected chi connectivity index (χ4v) is 3.81. The topological polar surface area (TPSA) is 76.5 Å². The van der Waals surface area contributed by atoms with Crippen molar-refractivity contribution in [2.75, 3.05) is 6.61 Å². The second-order valence-electron chi connectivity index (χ2n) is 5.79. The minimum Gasteiger partial charge on any atom is -0.480 e. The van der Waals surface area contributed by atoms with Crippen LogP contribution in [0, 0.1) is 5.92 Å². The summed E-state index contributed by atoms with van der Waals surface area (Å²) in [5, 5.41) is 8.98. The molecule has 0 fully saturated rings. The van der Waals surface area contributed by atoms with E-state index in [1.165, 1.54) is 0 Å². The summed E-state index contributed by atoms with van der Waals surface area (Å²) in [6, 6.07) is 5.34. The first-order chi connectivity index (χ1) is 12.0. The SMILES string of the molecule is CCC1C(=O)c2c(cc(OCC(=O)O)c(Cl)c2Cl)C1c1cccnc1. The number of carbonyl (C=O) groups is 2. The van der Waals surface area contributed by atoms with Crippen LogP contribution < -0.4 is 4.74 Å². The molecule has 0 radical (unpaired) electrons. The number of hydrogen-bond donors (Lipinski definition) is 1. The summed E-state index contributed by atoms with van der Waals surface area (Å²) >= 11 is 12.5. The van der Waals surface area contributed by atoms with Crippen molar-refractivity contribution in [2.45, 2.75) is 19.3 Å². The maximum Gasteiger partial charge on any atom is 0.341 e. The molecule has 1 N–H and O–H groups in total. The molecule has 130 valence electrons.